The van der Waals surface area contributed by atoms with Crippen molar-refractivity contribution in [2.45, 2.75) is 38.5 Å². The maximum atomic E-state index is 16.1. The van der Waals surface area contributed by atoms with Crippen LogP contribution in [0, 0.1) is 11.7 Å². The molecular weight excluding hydrogens is 497 g/mol. The topological polar surface area (TPSA) is 124 Å². The number of fused-ring (bicyclic) bond motifs is 2. The van der Waals surface area contributed by atoms with Gasteiger partial charge >= 0.3 is 0 Å². The highest BCUT2D eigenvalue weighted by molar-refractivity contribution is 6.00. The maximum Gasteiger partial charge on any atom is 0.227 e. The Morgan fingerprint density at radius 1 is 1.05 bits per heavy atom. The zero-order valence-electron chi connectivity index (χ0n) is 21.3. The molecule has 0 spiro atoms. The summed E-state index contributed by atoms with van der Waals surface area (Å²) in [5, 5.41) is 17.3. The third-order valence-electron chi connectivity index (χ3n) is 7.77. The summed E-state index contributed by atoms with van der Waals surface area (Å²) in [6.07, 6.45) is 14.7. The summed E-state index contributed by atoms with van der Waals surface area (Å²) in [6.45, 7) is 1.96. The Balaban J connectivity index is 1.20. The third kappa shape index (κ3) is 4.23. The lowest BCUT2D eigenvalue weighted by Crippen LogP contribution is -2.31. The Hall–Kier alpha value is -4.54. The number of carbonyl (C=O) groups excluding carboxylic acids is 1. The van der Waals surface area contributed by atoms with Gasteiger partial charge in [-0.25, -0.2) is 9.37 Å². The van der Waals surface area contributed by atoms with Gasteiger partial charge in [-0.1, -0.05) is 6.42 Å². The van der Waals surface area contributed by atoms with Crippen LogP contribution >= 0.6 is 0 Å². The van der Waals surface area contributed by atoms with Crippen LogP contribution in [0.2, 0.25) is 0 Å². The van der Waals surface area contributed by atoms with Crippen LogP contribution in [0.3, 0.4) is 0 Å². The van der Waals surface area contributed by atoms with Gasteiger partial charge in [0.05, 0.1) is 40.4 Å². The summed E-state index contributed by atoms with van der Waals surface area (Å²) in [4.78, 5) is 27.9. The van der Waals surface area contributed by atoms with Crippen molar-refractivity contribution in [2.75, 3.05) is 33.9 Å². The molecule has 11 heteroatoms. The summed E-state index contributed by atoms with van der Waals surface area (Å²) in [7, 11) is 0. The molecule has 4 N–H and O–H groups in total. The van der Waals surface area contributed by atoms with E-state index in [0.717, 1.165) is 62.4 Å². The Morgan fingerprint density at radius 3 is 2.74 bits per heavy atom. The molecule has 0 unspecified atom stereocenters. The van der Waals surface area contributed by atoms with Crippen molar-refractivity contribution in [3.05, 3.63) is 54.6 Å². The first-order valence-corrected chi connectivity index (χ1v) is 13.4. The monoisotopic (exact) mass is 525 g/mol. The molecule has 198 valence electrons. The van der Waals surface area contributed by atoms with Crippen LogP contribution in [-0.2, 0) is 4.79 Å². The summed E-state index contributed by atoms with van der Waals surface area (Å²) in [5.74, 6) is 0.409. The van der Waals surface area contributed by atoms with Crippen molar-refractivity contribution in [3.63, 3.8) is 0 Å². The van der Waals surface area contributed by atoms with Crippen molar-refractivity contribution in [2.24, 2.45) is 5.92 Å². The number of amides is 1. The molecule has 0 bridgehead atoms. The van der Waals surface area contributed by atoms with Crippen LogP contribution in [0.1, 0.15) is 44.2 Å². The first kappa shape index (κ1) is 23.6. The number of nitrogens with one attached hydrogen (secondary N) is 4. The average Bonchev–Trinajstić information content (AvgIpc) is 3.37. The lowest BCUT2D eigenvalue weighted by Gasteiger charge is -2.31. The third-order valence-corrected chi connectivity index (χ3v) is 7.77. The minimum Gasteiger partial charge on any atom is -0.355 e. The molecule has 4 aromatic rings. The van der Waals surface area contributed by atoms with Gasteiger partial charge in [0.2, 0.25) is 5.91 Å². The van der Waals surface area contributed by atoms with Crippen molar-refractivity contribution < 1.29 is 9.18 Å². The standard InChI is InChI=1S/C28H28FN9O/c29-23-22-20(14-32-24(23)17-11-18(13-30-12-17)34-28(39)16-5-4-6-16)36-37-25(22)21-15-33-26-19(35-21)7-8-31-27(26)38-9-2-1-3-10-38/h7-8,11-16,33,35H,1-6,9-10H2,(H,34,39)(H,36,37). The zero-order chi connectivity index (χ0) is 26.3. The number of rotatable bonds is 5. The number of piperidine rings is 1. The van der Waals surface area contributed by atoms with Crippen molar-refractivity contribution in [1.29, 1.82) is 0 Å². The molecule has 7 rings (SSSR count). The van der Waals surface area contributed by atoms with Gasteiger partial charge in [-0.2, -0.15) is 5.10 Å². The van der Waals surface area contributed by atoms with Gasteiger partial charge in [0.15, 0.2) is 11.6 Å². The van der Waals surface area contributed by atoms with Gasteiger partial charge in [-0.3, -0.25) is 19.9 Å². The van der Waals surface area contributed by atoms with Gasteiger partial charge < -0.3 is 20.9 Å². The lowest BCUT2D eigenvalue weighted by atomic mass is 9.85. The van der Waals surface area contributed by atoms with Crippen molar-refractivity contribution in [3.8, 4) is 11.3 Å². The Kier molecular flexibility index (Phi) is 5.83. The van der Waals surface area contributed by atoms with E-state index >= 15 is 4.39 Å². The summed E-state index contributed by atoms with van der Waals surface area (Å²) >= 11 is 0. The number of anilines is 4. The molecule has 1 aliphatic carbocycles. The lowest BCUT2D eigenvalue weighted by molar-refractivity contribution is -0.122. The first-order chi connectivity index (χ1) is 19.2. The summed E-state index contributed by atoms with van der Waals surface area (Å²) < 4.78 is 16.1. The van der Waals surface area contributed by atoms with Gasteiger partial charge in [-0.05, 0) is 44.2 Å². The molecule has 1 saturated carbocycles. The highest BCUT2D eigenvalue weighted by Crippen LogP contribution is 2.39. The van der Waals surface area contributed by atoms with E-state index in [1.54, 1.807) is 37.1 Å². The zero-order valence-corrected chi connectivity index (χ0v) is 21.3. The fourth-order valence-corrected chi connectivity index (χ4v) is 5.42. The Labute approximate surface area is 224 Å². The van der Waals surface area contributed by atoms with E-state index < -0.39 is 5.82 Å². The van der Waals surface area contributed by atoms with Gasteiger partial charge in [0.1, 0.15) is 17.1 Å². The molecule has 6 heterocycles. The molecule has 0 aromatic carbocycles. The molecule has 10 nitrogen and oxygen atoms in total. The van der Waals surface area contributed by atoms with Gasteiger partial charge in [0.25, 0.3) is 0 Å². The summed E-state index contributed by atoms with van der Waals surface area (Å²) in [6, 6.07) is 3.60. The average molecular weight is 526 g/mol. The SMILES string of the molecule is O=C(Nc1cncc(-c2ncc3[nH]nc(C4=CNc5c(ccnc5N5CCCCC5)N4)c3c2F)c1)C1CCC1. The van der Waals surface area contributed by atoms with Crippen molar-refractivity contribution in [1.82, 2.24) is 25.1 Å². The van der Waals surface area contributed by atoms with E-state index in [1.165, 1.54) is 6.42 Å². The number of aromatic nitrogens is 5. The van der Waals surface area contributed by atoms with Crippen LogP contribution in [0.4, 0.5) is 27.3 Å². The predicted octanol–water partition coefficient (Wildman–Crippen LogP) is 5.12. The van der Waals surface area contributed by atoms with E-state index in [4.69, 9.17) is 0 Å². The molecule has 2 aliphatic heterocycles. The number of aromatic amines is 1. The summed E-state index contributed by atoms with van der Waals surface area (Å²) in [5.41, 5.74) is 4.42. The quantitative estimate of drug-likeness (QED) is 0.283. The number of hydrogen-bond acceptors (Lipinski definition) is 8. The minimum absolute atomic E-state index is 0.0251. The molecule has 1 saturated heterocycles. The molecular formula is C28H28FN9O. The highest BCUT2D eigenvalue weighted by Gasteiger charge is 2.27. The number of hydrogen-bond donors (Lipinski definition) is 4. The van der Waals surface area contributed by atoms with Crippen molar-refractivity contribution >= 4 is 45.4 Å². The van der Waals surface area contributed by atoms with E-state index in [9.17, 15) is 4.79 Å². The molecule has 4 aromatic heterocycles. The smallest absolute Gasteiger partial charge is 0.227 e. The van der Waals surface area contributed by atoms with Gasteiger partial charge in [0, 0.05) is 43.2 Å². The molecule has 3 aliphatic rings. The largest absolute Gasteiger partial charge is 0.355 e. The highest BCUT2D eigenvalue weighted by atomic mass is 19.1. The molecule has 39 heavy (non-hydrogen) atoms. The predicted molar refractivity (Wildman–Crippen MR) is 149 cm³/mol. The molecule has 2 fully saturated rings. The minimum atomic E-state index is -0.516. The maximum absolute atomic E-state index is 16.1. The van der Waals surface area contributed by atoms with Crippen LogP contribution < -0.4 is 20.9 Å². The van der Waals surface area contributed by atoms with Crippen LogP contribution in [0.15, 0.2) is 43.1 Å². The second kappa shape index (κ2) is 9.64. The van der Waals surface area contributed by atoms with Crippen LogP contribution in [-0.4, -0.2) is 44.1 Å². The first-order valence-electron chi connectivity index (χ1n) is 13.4. The normalized spacial score (nSPS) is 17.1. The van der Waals surface area contributed by atoms with E-state index in [2.05, 4.69) is 46.0 Å². The number of carbonyl (C=O) groups is 1. The van der Waals surface area contributed by atoms with Crippen LogP contribution in [0.5, 0.6) is 0 Å². The number of H-pyrrole nitrogens is 1. The number of pyridine rings is 3. The van der Waals surface area contributed by atoms with E-state index in [-0.39, 0.29) is 17.5 Å². The number of halogens is 1. The number of nitrogens with zero attached hydrogens (tertiary/aromatic N) is 5. The Morgan fingerprint density at radius 2 is 1.92 bits per heavy atom. The Bertz CT molecular complexity index is 1600. The molecule has 1 amide bonds. The fourth-order valence-electron chi connectivity index (χ4n) is 5.42. The molecule has 0 radical (unpaired) electrons. The van der Waals surface area contributed by atoms with E-state index in [0.29, 0.717) is 33.5 Å². The fraction of sp³-hybridized carbons (Fsp3) is 0.321. The molecule has 0 atom stereocenters. The second-order valence-corrected chi connectivity index (χ2v) is 10.3. The van der Waals surface area contributed by atoms with Gasteiger partial charge in [-0.15, -0.1) is 0 Å². The second-order valence-electron chi connectivity index (χ2n) is 10.3. The van der Waals surface area contributed by atoms with Crippen LogP contribution in [0.25, 0.3) is 27.9 Å². The van der Waals surface area contributed by atoms with E-state index in [1.807, 2.05) is 6.07 Å².